The molecule has 0 radical (unpaired) electrons. The molecule has 140 valence electrons. The number of hydrogen-bond donors (Lipinski definition) is 1. The summed E-state index contributed by atoms with van der Waals surface area (Å²) >= 11 is 0. The minimum absolute atomic E-state index is 0.0751. The highest BCUT2D eigenvalue weighted by Crippen LogP contribution is 2.44. The molecule has 0 aromatic heterocycles. The van der Waals surface area contributed by atoms with Crippen molar-refractivity contribution in [3.63, 3.8) is 0 Å². The zero-order valence-electron chi connectivity index (χ0n) is 15.8. The number of aliphatic hydroxyl groups is 1. The lowest BCUT2D eigenvalue weighted by Crippen LogP contribution is -2.33. The summed E-state index contributed by atoms with van der Waals surface area (Å²) in [6, 6.07) is 12.1. The van der Waals surface area contributed by atoms with Gasteiger partial charge in [0.05, 0.1) is 11.6 Å². The van der Waals surface area contributed by atoms with Gasteiger partial charge in [-0.25, -0.2) is 4.39 Å². The Bertz CT molecular complexity index is 939. The quantitative estimate of drug-likeness (QED) is 0.859. The van der Waals surface area contributed by atoms with Crippen molar-refractivity contribution in [1.29, 1.82) is 0 Å². The molecule has 2 aromatic rings. The number of hydrogen-bond acceptors (Lipinski definition) is 3. The molecule has 4 nitrogen and oxygen atoms in total. The van der Waals surface area contributed by atoms with Crippen LogP contribution in [0.3, 0.4) is 0 Å². The van der Waals surface area contributed by atoms with E-state index < -0.39 is 28.9 Å². The van der Waals surface area contributed by atoms with E-state index in [0.29, 0.717) is 5.69 Å². The molecular formula is C22H22FNO3. The Hall–Kier alpha value is -2.95. The van der Waals surface area contributed by atoms with Crippen LogP contribution in [0.5, 0.6) is 0 Å². The lowest BCUT2D eigenvalue weighted by Gasteiger charge is -2.29. The van der Waals surface area contributed by atoms with Gasteiger partial charge in [-0.15, -0.1) is 0 Å². The molecular weight excluding hydrogens is 345 g/mol. The van der Waals surface area contributed by atoms with Gasteiger partial charge in [-0.2, -0.15) is 0 Å². The fraction of sp³-hybridized carbons (Fsp3) is 0.273. The van der Waals surface area contributed by atoms with Gasteiger partial charge in [0.1, 0.15) is 5.82 Å². The summed E-state index contributed by atoms with van der Waals surface area (Å²) in [4.78, 5) is 27.3. The highest BCUT2D eigenvalue weighted by molar-refractivity contribution is 6.17. The van der Waals surface area contributed by atoms with Crippen molar-refractivity contribution in [3.8, 4) is 0 Å². The number of benzene rings is 2. The summed E-state index contributed by atoms with van der Waals surface area (Å²) in [6.07, 6.45) is 0. The summed E-state index contributed by atoms with van der Waals surface area (Å²) in [6.45, 7) is 7.12. The molecule has 0 saturated heterocycles. The lowest BCUT2D eigenvalue weighted by atomic mass is 9.81. The van der Waals surface area contributed by atoms with Crippen molar-refractivity contribution in [1.82, 2.24) is 0 Å². The second kappa shape index (κ2) is 6.65. The van der Waals surface area contributed by atoms with Crippen LogP contribution in [0.25, 0.3) is 0 Å². The molecule has 0 aliphatic carbocycles. The first-order valence-electron chi connectivity index (χ1n) is 8.75. The predicted molar refractivity (Wildman–Crippen MR) is 102 cm³/mol. The van der Waals surface area contributed by atoms with Crippen LogP contribution in [-0.4, -0.2) is 16.8 Å². The van der Waals surface area contributed by atoms with E-state index in [0.717, 1.165) is 11.1 Å². The molecule has 1 aliphatic heterocycles. The van der Waals surface area contributed by atoms with E-state index >= 15 is 0 Å². The lowest BCUT2D eigenvalue weighted by molar-refractivity contribution is -0.123. The number of rotatable bonds is 3. The first-order valence-corrected chi connectivity index (χ1v) is 8.75. The van der Waals surface area contributed by atoms with Gasteiger partial charge >= 0.3 is 0 Å². The topological polar surface area (TPSA) is 57.6 Å². The van der Waals surface area contributed by atoms with Crippen molar-refractivity contribution in [2.45, 2.75) is 33.7 Å². The zero-order valence-corrected chi connectivity index (χ0v) is 15.8. The average molecular weight is 367 g/mol. The third-order valence-corrected chi connectivity index (χ3v) is 4.72. The van der Waals surface area contributed by atoms with Crippen LogP contribution in [0.4, 0.5) is 10.1 Å². The highest BCUT2D eigenvalue weighted by Gasteiger charge is 2.46. The van der Waals surface area contributed by atoms with E-state index in [9.17, 15) is 19.1 Å². The van der Waals surface area contributed by atoms with Crippen LogP contribution in [0, 0.1) is 18.2 Å². The van der Waals surface area contributed by atoms with Gasteiger partial charge in [-0.05, 0) is 42.3 Å². The Morgan fingerprint density at radius 3 is 2.22 bits per heavy atom. The average Bonchev–Trinajstić information content (AvgIpc) is 2.86. The van der Waals surface area contributed by atoms with Crippen LogP contribution in [-0.2, 0) is 9.59 Å². The number of nitrogens with zero attached hydrogens (tertiary/aromatic N) is 1. The Labute approximate surface area is 157 Å². The van der Waals surface area contributed by atoms with Gasteiger partial charge in [-0.3, -0.25) is 14.5 Å². The summed E-state index contributed by atoms with van der Waals surface area (Å²) in [5.74, 6) is -1.94. The van der Waals surface area contributed by atoms with Gasteiger partial charge in [0.15, 0.2) is 11.5 Å². The van der Waals surface area contributed by atoms with E-state index in [4.69, 9.17) is 0 Å². The Morgan fingerprint density at radius 2 is 1.67 bits per heavy atom. The molecule has 0 saturated carbocycles. The van der Waals surface area contributed by atoms with Crippen LogP contribution in [0.15, 0.2) is 59.9 Å². The minimum Gasteiger partial charge on any atom is -0.503 e. The molecule has 1 unspecified atom stereocenters. The largest absolute Gasteiger partial charge is 0.503 e. The second-order valence-corrected chi connectivity index (χ2v) is 7.75. The van der Waals surface area contributed by atoms with Gasteiger partial charge < -0.3 is 5.11 Å². The summed E-state index contributed by atoms with van der Waals surface area (Å²) in [7, 11) is 0. The van der Waals surface area contributed by atoms with E-state index in [2.05, 4.69) is 0 Å². The number of halogens is 1. The number of Topliss-reactive ketones (excluding diaryl/α,β-unsaturated/α-hetero) is 1. The fourth-order valence-corrected chi connectivity index (χ4v) is 3.30. The first kappa shape index (κ1) is 18.8. The van der Waals surface area contributed by atoms with Gasteiger partial charge in [0, 0.05) is 11.1 Å². The monoisotopic (exact) mass is 367 g/mol. The summed E-state index contributed by atoms with van der Waals surface area (Å²) in [5.41, 5.74) is 1.34. The summed E-state index contributed by atoms with van der Waals surface area (Å²) < 4.78 is 13.4. The van der Waals surface area contributed by atoms with E-state index in [-0.39, 0.29) is 11.4 Å². The molecule has 1 atom stereocenters. The Kier molecular flexibility index (Phi) is 4.64. The molecule has 1 N–H and O–H groups in total. The number of ketones is 1. The third-order valence-electron chi connectivity index (χ3n) is 4.72. The molecule has 0 spiro atoms. The standard InChI is InChI=1S/C22H22FNO3/c1-13-7-5-6-8-16(13)18-17(20(26)22(2,3)4)19(25)21(27)24(18)15-11-9-14(23)10-12-15/h5-12,18,25H,1-4H3. The predicted octanol–water partition coefficient (Wildman–Crippen LogP) is 4.65. The summed E-state index contributed by atoms with van der Waals surface area (Å²) in [5, 5.41) is 10.6. The molecule has 3 rings (SSSR count). The van der Waals surface area contributed by atoms with E-state index in [1.807, 2.05) is 31.2 Å². The molecule has 1 amide bonds. The van der Waals surface area contributed by atoms with E-state index in [1.54, 1.807) is 20.8 Å². The van der Waals surface area contributed by atoms with Gasteiger partial charge in [0.25, 0.3) is 5.91 Å². The molecule has 1 aliphatic rings. The van der Waals surface area contributed by atoms with Crippen LogP contribution in [0.1, 0.15) is 37.9 Å². The zero-order chi connectivity index (χ0) is 19.9. The maximum atomic E-state index is 13.4. The van der Waals surface area contributed by atoms with Crippen LogP contribution in [0.2, 0.25) is 0 Å². The number of anilines is 1. The maximum absolute atomic E-state index is 13.4. The Morgan fingerprint density at radius 1 is 1.07 bits per heavy atom. The fourth-order valence-electron chi connectivity index (χ4n) is 3.30. The van der Waals surface area contributed by atoms with Crippen molar-refractivity contribution in [2.24, 2.45) is 5.41 Å². The minimum atomic E-state index is -0.774. The number of aliphatic hydroxyl groups excluding tert-OH is 1. The highest BCUT2D eigenvalue weighted by atomic mass is 19.1. The Balaban J connectivity index is 2.23. The number of aryl methyl sites for hydroxylation is 1. The van der Waals surface area contributed by atoms with Crippen molar-refractivity contribution < 1.29 is 19.1 Å². The van der Waals surface area contributed by atoms with Crippen LogP contribution < -0.4 is 4.90 Å². The second-order valence-electron chi connectivity index (χ2n) is 7.75. The van der Waals surface area contributed by atoms with Crippen molar-refractivity contribution in [2.75, 3.05) is 4.90 Å². The first-order chi connectivity index (χ1) is 12.6. The smallest absolute Gasteiger partial charge is 0.294 e. The normalized spacial score (nSPS) is 17.6. The van der Waals surface area contributed by atoms with Crippen molar-refractivity contribution >= 4 is 17.4 Å². The number of amides is 1. The molecule has 1 heterocycles. The maximum Gasteiger partial charge on any atom is 0.294 e. The molecule has 0 bridgehead atoms. The molecule has 27 heavy (non-hydrogen) atoms. The molecule has 5 heteroatoms. The van der Waals surface area contributed by atoms with Crippen molar-refractivity contribution in [3.05, 3.63) is 76.8 Å². The number of carbonyl (C=O) groups is 2. The third kappa shape index (κ3) is 3.25. The molecule has 0 fully saturated rings. The van der Waals surface area contributed by atoms with Gasteiger partial charge in [0.2, 0.25) is 0 Å². The number of carbonyl (C=O) groups excluding carboxylic acids is 2. The molecule has 2 aromatic carbocycles. The van der Waals surface area contributed by atoms with Crippen LogP contribution >= 0.6 is 0 Å². The SMILES string of the molecule is Cc1ccccc1C1C(C(=O)C(C)(C)C)=C(O)C(=O)N1c1ccc(F)cc1. The van der Waals surface area contributed by atoms with E-state index in [1.165, 1.54) is 29.2 Å². The van der Waals surface area contributed by atoms with Gasteiger partial charge in [-0.1, -0.05) is 45.0 Å².